The van der Waals surface area contributed by atoms with E-state index in [1.54, 1.807) is 12.1 Å². The van der Waals surface area contributed by atoms with Crippen molar-refractivity contribution in [2.24, 2.45) is 0 Å². The van der Waals surface area contributed by atoms with E-state index in [1.165, 1.54) is 12.1 Å². The Morgan fingerprint density at radius 1 is 1.41 bits per heavy atom. The van der Waals surface area contributed by atoms with Crippen LogP contribution >= 0.6 is 0 Å². The average Bonchev–Trinajstić information content (AvgIpc) is 2.27. The van der Waals surface area contributed by atoms with Crippen molar-refractivity contribution in [3.8, 4) is 5.75 Å². The number of benzene rings is 1. The fourth-order valence-corrected chi connectivity index (χ4v) is 2.05. The second-order valence-corrected chi connectivity index (χ2v) is 3.87. The molecule has 0 heterocycles. The van der Waals surface area contributed by atoms with E-state index in [0.29, 0.717) is 12.0 Å². The molecule has 1 aliphatic rings. The molecule has 1 aliphatic carbocycles. The van der Waals surface area contributed by atoms with Crippen LogP contribution < -0.4 is 0 Å². The Morgan fingerprint density at radius 2 is 2.12 bits per heavy atom. The lowest BCUT2D eigenvalue weighted by Gasteiger charge is -2.20. The van der Waals surface area contributed by atoms with E-state index in [4.69, 9.17) is 0 Å². The van der Waals surface area contributed by atoms with Gasteiger partial charge in [0.1, 0.15) is 11.5 Å². The third-order valence-corrected chi connectivity index (χ3v) is 2.82. The number of carbonyl (C=O) groups excluding carboxylic acids is 1. The van der Waals surface area contributed by atoms with E-state index < -0.39 is 5.78 Å². The average molecular weight is 228 g/mol. The second kappa shape index (κ2) is 3.94. The SMILES string of the molecule is C=CC1=C(C(=C)O)C(=O)c2c(O)cccc2C1. The zero-order chi connectivity index (χ0) is 12.6. The normalized spacial score (nSPS) is 14.5. The molecule has 0 spiro atoms. The van der Waals surface area contributed by atoms with Crippen molar-refractivity contribution in [1.82, 2.24) is 0 Å². The van der Waals surface area contributed by atoms with Gasteiger partial charge in [0, 0.05) is 0 Å². The number of aliphatic hydroxyl groups excluding tert-OH is 1. The summed E-state index contributed by atoms with van der Waals surface area (Å²) in [6.45, 7) is 7.00. The van der Waals surface area contributed by atoms with Gasteiger partial charge >= 0.3 is 0 Å². The third kappa shape index (κ3) is 1.65. The van der Waals surface area contributed by atoms with Crippen LogP contribution in [-0.4, -0.2) is 16.0 Å². The van der Waals surface area contributed by atoms with Crippen LogP contribution in [0.3, 0.4) is 0 Å². The lowest BCUT2D eigenvalue weighted by Crippen LogP contribution is -2.17. The molecule has 86 valence electrons. The molecule has 17 heavy (non-hydrogen) atoms. The van der Waals surface area contributed by atoms with Gasteiger partial charge in [0.2, 0.25) is 5.78 Å². The molecule has 3 heteroatoms. The highest BCUT2D eigenvalue weighted by Gasteiger charge is 2.28. The van der Waals surface area contributed by atoms with Crippen LogP contribution in [0.25, 0.3) is 0 Å². The van der Waals surface area contributed by atoms with Gasteiger partial charge in [0.15, 0.2) is 0 Å². The number of fused-ring (bicyclic) bond motifs is 1. The van der Waals surface area contributed by atoms with E-state index in [-0.39, 0.29) is 22.6 Å². The third-order valence-electron chi connectivity index (χ3n) is 2.82. The van der Waals surface area contributed by atoms with Crippen molar-refractivity contribution in [3.05, 3.63) is 65.5 Å². The maximum Gasteiger partial charge on any atom is 0.201 e. The zero-order valence-electron chi connectivity index (χ0n) is 9.23. The van der Waals surface area contributed by atoms with Gasteiger partial charge in [0.25, 0.3) is 0 Å². The molecular formula is C14H12O3. The number of carbonyl (C=O) groups is 1. The van der Waals surface area contributed by atoms with Crippen LogP contribution in [0, 0.1) is 0 Å². The number of allylic oxidation sites excluding steroid dienone is 3. The number of aliphatic hydroxyl groups is 1. The smallest absolute Gasteiger partial charge is 0.201 e. The largest absolute Gasteiger partial charge is 0.508 e. The number of Topliss-reactive ketones (excluding diaryl/α,β-unsaturated/α-hetero) is 1. The first-order chi connectivity index (χ1) is 8.06. The summed E-state index contributed by atoms with van der Waals surface area (Å²) >= 11 is 0. The number of hydrogen-bond donors (Lipinski definition) is 2. The highest BCUT2D eigenvalue weighted by atomic mass is 16.3. The standard InChI is InChI=1S/C14H12O3/c1-3-9-7-10-5-4-6-11(16)13(10)14(17)12(9)8(2)15/h3-6,15-16H,1-2,7H2. The summed E-state index contributed by atoms with van der Waals surface area (Å²) in [5.74, 6) is -0.778. The number of phenolic OH excluding ortho intramolecular Hbond substituents is 1. The molecule has 0 aliphatic heterocycles. The summed E-state index contributed by atoms with van der Waals surface area (Å²) in [6, 6.07) is 4.90. The van der Waals surface area contributed by atoms with Crippen LogP contribution in [0.1, 0.15) is 15.9 Å². The zero-order valence-corrected chi connectivity index (χ0v) is 9.23. The lowest BCUT2D eigenvalue weighted by atomic mass is 9.84. The fourth-order valence-electron chi connectivity index (χ4n) is 2.05. The Kier molecular flexibility index (Phi) is 2.60. The van der Waals surface area contributed by atoms with Gasteiger partial charge in [-0.05, 0) is 23.6 Å². The van der Waals surface area contributed by atoms with Gasteiger partial charge in [-0.15, -0.1) is 0 Å². The first kappa shape index (κ1) is 11.2. The molecule has 3 nitrogen and oxygen atoms in total. The maximum atomic E-state index is 12.2. The minimum absolute atomic E-state index is 0.0747. The summed E-state index contributed by atoms with van der Waals surface area (Å²) in [5, 5.41) is 19.2. The van der Waals surface area contributed by atoms with Crippen LogP contribution in [0.5, 0.6) is 5.75 Å². The monoisotopic (exact) mass is 228 g/mol. The van der Waals surface area contributed by atoms with Crippen LogP contribution in [0.4, 0.5) is 0 Å². The Morgan fingerprint density at radius 3 is 2.71 bits per heavy atom. The van der Waals surface area contributed by atoms with Crippen LogP contribution in [0.2, 0.25) is 0 Å². The Balaban J connectivity index is 2.68. The predicted molar refractivity (Wildman–Crippen MR) is 65.1 cm³/mol. The molecule has 0 saturated heterocycles. The number of aromatic hydroxyl groups is 1. The molecule has 0 amide bonds. The number of hydrogen-bond acceptors (Lipinski definition) is 3. The van der Waals surface area contributed by atoms with Crippen LogP contribution in [0.15, 0.2) is 54.3 Å². The number of phenols is 1. The quantitative estimate of drug-likeness (QED) is 0.765. The van der Waals surface area contributed by atoms with Crippen molar-refractivity contribution in [2.75, 3.05) is 0 Å². The van der Waals surface area contributed by atoms with Gasteiger partial charge in [-0.2, -0.15) is 0 Å². The predicted octanol–water partition coefficient (Wildman–Crippen LogP) is 2.69. The van der Waals surface area contributed by atoms with E-state index >= 15 is 0 Å². The molecule has 0 fully saturated rings. The van der Waals surface area contributed by atoms with Gasteiger partial charge < -0.3 is 10.2 Å². The van der Waals surface area contributed by atoms with Crippen molar-refractivity contribution in [2.45, 2.75) is 6.42 Å². The summed E-state index contributed by atoms with van der Waals surface area (Å²) in [4.78, 5) is 12.2. The molecule has 2 rings (SSSR count). The topological polar surface area (TPSA) is 57.5 Å². The summed E-state index contributed by atoms with van der Waals surface area (Å²) in [6.07, 6.45) is 1.98. The minimum atomic E-state index is -0.410. The van der Waals surface area contributed by atoms with Crippen molar-refractivity contribution < 1.29 is 15.0 Å². The van der Waals surface area contributed by atoms with Crippen molar-refractivity contribution in [3.63, 3.8) is 0 Å². The number of rotatable bonds is 2. The van der Waals surface area contributed by atoms with Gasteiger partial charge in [-0.1, -0.05) is 31.4 Å². The lowest BCUT2D eigenvalue weighted by molar-refractivity contribution is 0.102. The van der Waals surface area contributed by atoms with E-state index in [9.17, 15) is 15.0 Å². The molecule has 1 aromatic carbocycles. The van der Waals surface area contributed by atoms with Gasteiger partial charge in [-0.3, -0.25) is 4.79 Å². The first-order valence-corrected chi connectivity index (χ1v) is 5.15. The molecule has 0 bridgehead atoms. The highest BCUT2D eigenvalue weighted by Crippen LogP contribution is 2.34. The minimum Gasteiger partial charge on any atom is -0.508 e. The molecule has 1 aromatic rings. The molecule has 0 saturated carbocycles. The molecule has 0 aromatic heterocycles. The summed E-state index contributed by atoms with van der Waals surface area (Å²) < 4.78 is 0. The maximum absolute atomic E-state index is 12.2. The van der Waals surface area contributed by atoms with Crippen molar-refractivity contribution >= 4 is 5.78 Å². The molecule has 2 N–H and O–H groups in total. The Hall–Kier alpha value is -2.29. The van der Waals surface area contributed by atoms with Gasteiger partial charge in [0.05, 0.1) is 11.1 Å². The van der Waals surface area contributed by atoms with E-state index in [2.05, 4.69) is 13.2 Å². The van der Waals surface area contributed by atoms with E-state index in [0.717, 1.165) is 5.56 Å². The highest BCUT2D eigenvalue weighted by molar-refractivity contribution is 6.15. The van der Waals surface area contributed by atoms with Crippen LogP contribution in [-0.2, 0) is 6.42 Å². The number of ketones is 1. The molecule has 0 unspecified atom stereocenters. The van der Waals surface area contributed by atoms with E-state index in [1.807, 2.05) is 0 Å². The first-order valence-electron chi connectivity index (χ1n) is 5.15. The molecule has 0 radical (unpaired) electrons. The summed E-state index contributed by atoms with van der Waals surface area (Å²) in [5.41, 5.74) is 1.73. The fraction of sp³-hybridized carbons (Fsp3) is 0.0714. The Labute approximate surface area is 99.0 Å². The molecular weight excluding hydrogens is 216 g/mol. The molecule has 0 atom stereocenters. The Bertz CT molecular complexity index is 565. The second-order valence-electron chi connectivity index (χ2n) is 3.87. The van der Waals surface area contributed by atoms with Gasteiger partial charge in [-0.25, -0.2) is 0 Å². The van der Waals surface area contributed by atoms with Crippen molar-refractivity contribution in [1.29, 1.82) is 0 Å². The summed E-state index contributed by atoms with van der Waals surface area (Å²) in [7, 11) is 0.